The van der Waals surface area contributed by atoms with Gasteiger partial charge in [0, 0.05) is 61.2 Å². The Bertz CT molecular complexity index is 1700. The highest BCUT2D eigenvalue weighted by atomic mass is 32.2. The minimum absolute atomic E-state index is 0.137. The molecule has 6 rings (SSSR count). The van der Waals surface area contributed by atoms with Crippen LogP contribution in [-0.2, 0) is 40.0 Å². The molecule has 0 radical (unpaired) electrons. The van der Waals surface area contributed by atoms with E-state index in [1.54, 1.807) is 6.33 Å². The van der Waals surface area contributed by atoms with E-state index < -0.39 is 9.84 Å². The molecule has 5 heterocycles. The van der Waals surface area contributed by atoms with Crippen LogP contribution in [0.4, 0.5) is 0 Å². The second-order valence-corrected chi connectivity index (χ2v) is 13.3. The van der Waals surface area contributed by atoms with Crippen molar-refractivity contribution in [2.24, 2.45) is 13.0 Å². The highest BCUT2D eigenvalue weighted by molar-refractivity contribution is 7.91. The average Bonchev–Trinajstić information content (AvgIpc) is 3.47. The number of nitrogens with one attached hydrogen (secondary N) is 1. The zero-order chi connectivity index (χ0) is 27.4. The van der Waals surface area contributed by atoms with Crippen molar-refractivity contribution >= 4 is 20.7 Å². The van der Waals surface area contributed by atoms with Crippen molar-refractivity contribution in [1.82, 2.24) is 29.2 Å². The second kappa shape index (κ2) is 9.72. The van der Waals surface area contributed by atoms with Crippen LogP contribution in [0.25, 0.3) is 16.6 Å². The van der Waals surface area contributed by atoms with Gasteiger partial charge in [-0.2, -0.15) is 0 Å². The number of ether oxygens (including phenoxy) is 1. The fraction of sp³-hybridized carbons (Fsp3) is 0.464. The number of hydrogen-bond donors (Lipinski definition) is 1. The summed E-state index contributed by atoms with van der Waals surface area (Å²) < 4.78 is 34.8. The molecular formula is C28H34N6O4S. The van der Waals surface area contributed by atoms with Gasteiger partial charge in [-0.25, -0.2) is 8.42 Å². The number of fused-ring (bicyclic) bond motifs is 1. The number of hydrogen-bond acceptors (Lipinski definition) is 7. The Morgan fingerprint density at radius 3 is 2.72 bits per heavy atom. The van der Waals surface area contributed by atoms with Crippen LogP contribution in [0.1, 0.15) is 36.8 Å². The molecule has 10 nitrogen and oxygen atoms in total. The smallest absolute Gasteiger partial charge is 0.279 e. The van der Waals surface area contributed by atoms with Gasteiger partial charge in [-0.3, -0.25) is 14.3 Å². The molecule has 3 aromatic heterocycles. The van der Waals surface area contributed by atoms with E-state index in [0.717, 1.165) is 36.6 Å². The Balaban J connectivity index is 1.42. The van der Waals surface area contributed by atoms with Crippen LogP contribution >= 0.6 is 0 Å². The third-order valence-electron chi connectivity index (χ3n) is 8.15. The number of likely N-dealkylation sites (tertiary alicyclic amines) is 1. The molecule has 39 heavy (non-hydrogen) atoms. The van der Waals surface area contributed by atoms with Gasteiger partial charge < -0.3 is 14.3 Å². The predicted molar refractivity (Wildman–Crippen MR) is 148 cm³/mol. The summed E-state index contributed by atoms with van der Waals surface area (Å²) in [4.78, 5) is 19.6. The van der Waals surface area contributed by atoms with E-state index in [0.29, 0.717) is 48.7 Å². The molecule has 0 amide bonds. The molecule has 0 bridgehead atoms. The van der Waals surface area contributed by atoms with Gasteiger partial charge in [0.05, 0.1) is 18.1 Å². The van der Waals surface area contributed by atoms with E-state index in [4.69, 9.17) is 4.74 Å². The van der Waals surface area contributed by atoms with Crippen LogP contribution < -0.4 is 5.56 Å². The zero-order valence-corrected chi connectivity index (χ0v) is 23.4. The van der Waals surface area contributed by atoms with Crippen molar-refractivity contribution in [2.75, 3.05) is 32.6 Å². The first-order valence-corrected chi connectivity index (χ1v) is 15.2. The lowest BCUT2D eigenvalue weighted by Crippen LogP contribution is -2.49. The van der Waals surface area contributed by atoms with E-state index in [2.05, 4.69) is 27.0 Å². The molecule has 1 aromatic carbocycles. The highest BCUT2D eigenvalue weighted by Crippen LogP contribution is 2.36. The van der Waals surface area contributed by atoms with Crippen molar-refractivity contribution in [3.05, 3.63) is 70.3 Å². The van der Waals surface area contributed by atoms with E-state index in [-0.39, 0.29) is 15.9 Å². The van der Waals surface area contributed by atoms with Gasteiger partial charge in [-0.05, 0) is 49.1 Å². The minimum Gasteiger partial charge on any atom is -0.379 e. The first kappa shape index (κ1) is 26.0. The number of nitrogens with zero attached hydrogens (tertiary/aromatic N) is 5. The third-order valence-corrected chi connectivity index (χ3v) is 9.27. The predicted octanol–water partition coefficient (Wildman–Crippen LogP) is 2.59. The largest absolute Gasteiger partial charge is 0.379 e. The van der Waals surface area contributed by atoms with Gasteiger partial charge in [0.25, 0.3) is 5.56 Å². The molecule has 0 unspecified atom stereocenters. The molecule has 0 aliphatic carbocycles. The number of H-pyrrole nitrogens is 1. The Morgan fingerprint density at radius 1 is 1.23 bits per heavy atom. The number of rotatable bonds is 7. The summed E-state index contributed by atoms with van der Waals surface area (Å²) in [7, 11) is -1.69. The van der Waals surface area contributed by atoms with Crippen LogP contribution in [0.15, 0.2) is 52.5 Å². The normalized spacial score (nSPS) is 19.8. The lowest BCUT2D eigenvalue weighted by atomic mass is 9.75. The number of pyridine rings is 1. The molecule has 2 aliphatic rings. The fourth-order valence-corrected chi connectivity index (χ4v) is 6.81. The Morgan fingerprint density at radius 2 is 2.05 bits per heavy atom. The molecular weight excluding hydrogens is 516 g/mol. The zero-order valence-electron chi connectivity index (χ0n) is 22.6. The standard InChI is InChI=1S/C28H34N6O4S/c1-19-6-5-9-33(13-19)14-21-11-23-24(39(3,36)37)15-34(27(35)26(23)30-21)22-8-4-7-20(10-22)28(16-38-17-28)12-25-31-29-18-32(25)2/h4,7-8,10-11,15,18-19,30H,5-6,9,12-14,16-17H2,1-3H3/t19-/m0/s1. The number of sulfone groups is 1. The lowest BCUT2D eigenvalue weighted by molar-refractivity contribution is -0.0611. The van der Waals surface area contributed by atoms with Crippen LogP contribution in [0.2, 0.25) is 0 Å². The summed E-state index contributed by atoms with van der Waals surface area (Å²) in [6.07, 6.45) is 7.33. The van der Waals surface area contributed by atoms with E-state index in [1.807, 2.05) is 41.9 Å². The van der Waals surface area contributed by atoms with Crippen molar-refractivity contribution in [3.63, 3.8) is 0 Å². The monoisotopic (exact) mass is 550 g/mol. The van der Waals surface area contributed by atoms with Gasteiger partial charge >= 0.3 is 0 Å². The number of aromatic amines is 1. The summed E-state index contributed by atoms with van der Waals surface area (Å²) in [5, 5.41) is 8.70. The summed E-state index contributed by atoms with van der Waals surface area (Å²) >= 11 is 0. The summed E-state index contributed by atoms with van der Waals surface area (Å²) in [6.45, 7) is 5.95. The van der Waals surface area contributed by atoms with E-state index in [9.17, 15) is 13.2 Å². The van der Waals surface area contributed by atoms with Crippen molar-refractivity contribution in [1.29, 1.82) is 0 Å². The van der Waals surface area contributed by atoms with Gasteiger partial charge in [0.1, 0.15) is 17.7 Å². The topological polar surface area (TPSA) is 115 Å². The van der Waals surface area contributed by atoms with Crippen molar-refractivity contribution in [2.45, 2.75) is 43.0 Å². The van der Waals surface area contributed by atoms with Crippen LogP contribution in [0.5, 0.6) is 0 Å². The number of aryl methyl sites for hydroxylation is 1. The van der Waals surface area contributed by atoms with Crippen LogP contribution in [0, 0.1) is 5.92 Å². The molecule has 2 aliphatic heterocycles. The molecule has 0 spiro atoms. The molecule has 4 aromatic rings. The van der Waals surface area contributed by atoms with E-state index in [1.165, 1.54) is 23.4 Å². The van der Waals surface area contributed by atoms with Crippen molar-refractivity contribution in [3.8, 4) is 5.69 Å². The first-order chi connectivity index (χ1) is 18.6. The number of benzene rings is 1. The number of piperidine rings is 1. The lowest BCUT2D eigenvalue weighted by Gasteiger charge is -2.41. The quantitative estimate of drug-likeness (QED) is 0.376. The molecule has 11 heteroatoms. The van der Waals surface area contributed by atoms with E-state index >= 15 is 0 Å². The Kier molecular flexibility index (Phi) is 6.47. The SMILES string of the molecule is C[C@H]1CCCN(Cc2cc3c(S(C)(=O)=O)cn(-c4cccc(C5(Cc6nncn6C)COC5)c4)c(=O)c3[nH]2)C1. The molecule has 206 valence electrons. The minimum atomic E-state index is -3.61. The van der Waals surface area contributed by atoms with Gasteiger partial charge in [-0.1, -0.05) is 19.1 Å². The molecule has 2 fully saturated rings. The maximum Gasteiger partial charge on any atom is 0.279 e. The molecule has 1 N–H and O–H groups in total. The summed E-state index contributed by atoms with van der Waals surface area (Å²) in [5.41, 5.74) is 2.20. The maximum absolute atomic E-state index is 13.8. The fourth-order valence-electron chi connectivity index (χ4n) is 5.96. The number of aromatic nitrogens is 5. The molecule has 1 atom stereocenters. The average molecular weight is 551 g/mol. The third kappa shape index (κ3) is 4.83. The Labute approximate surface area is 227 Å². The molecule has 2 saturated heterocycles. The van der Waals surface area contributed by atoms with Gasteiger partial charge in [0.15, 0.2) is 9.84 Å². The summed E-state index contributed by atoms with van der Waals surface area (Å²) in [6, 6.07) is 9.54. The van der Waals surface area contributed by atoms with Gasteiger partial charge in [0.2, 0.25) is 0 Å². The Hall–Kier alpha value is -3.28. The van der Waals surface area contributed by atoms with Gasteiger partial charge in [-0.15, -0.1) is 10.2 Å². The second-order valence-electron chi connectivity index (χ2n) is 11.4. The highest BCUT2D eigenvalue weighted by Gasteiger charge is 2.42. The van der Waals surface area contributed by atoms with Crippen LogP contribution in [-0.4, -0.2) is 70.2 Å². The summed E-state index contributed by atoms with van der Waals surface area (Å²) in [5.74, 6) is 1.47. The molecule has 0 saturated carbocycles. The van der Waals surface area contributed by atoms with Crippen molar-refractivity contribution < 1.29 is 13.2 Å². The first-order valence-electron chi connectivity index (χ1n) is 13.3. The van der Waals surface area contributed by atoms with Crippen LogP contribution in [0.3, 0.4) is 0 Å². The maximum atomic E-state index is 13.8.